The van der Waals surface area contributed by atoms with Crippen molar-refractivity contribution < 1.29 is 0 Å². The van der Waals surface area contributed by atoms with Gasteiger partial charge < -0.3 is 11.1 Å². The van der Waals surface area contributed by atoms with Gasteiger partial charge in [-0.15, -0.1) is 0 Å². The zero-order chi connectivity index (χ0) is 8.32. The Labute approximate surface area is 69.5 Å². The van der Waals surface area contributed by atoms with Crippen molar-refractivity contribution in [2.45, 2.75) is 26.7 Å². The van der Waals surface area contributed by atoms with E-state index in [-0.39, 0.29) is 0 Å². The molecule has 0 aliphatic heterocycles. The Bertz CT molecular complexity index is 119. The number of hydrogen-bond acceptors (Lipinski definition) is 2. The normalized spacial score (nSPS) is 23.2. The predicted octanol–water partition coefficient (Wildman–Crippen LogP) is 0.971. The minimum atomic E-state index is 0.654. The Morgan fingerprint density at radius 3 is 2.64 bits per heavy atom. The first-order chi connectivity index (χ1) is 5.19. The Morgan fingerprint density at radius 1 is 1.55 bits per heavy atom. The van der Waals surface area contributed by atoms with E-state index in [1.807, 2.05) is 0 Å². The molecule has 0 bridgehead atoms. The fraction of sp³-hybridized carbons (Fsp3) is 1.00. The SMILES string of the molecule is CC(CNCCN)C1(C)CC1. The molecule has 3 N–H and O–H groups in total. The highest BCUT2D eigenvalue weighted by atomic mass is 14.9. The number of nitrogens with two attached hydrogens (primary N) is 1. The Kier molecular flexibility index (Phi) is 2.90. The van der Waals surface area contributed by atoms with Crippen LogP contribution in [0.4, 0.5) is 0 Å². The Morgan fingerprint density at radius 2 is 2.18 bits per heavy atom. The number of rotatable bonds is 5. The van der Waals surface area contributed by atoms with Crippen LogP contribution in [0.25, 0.3) is 0 Å². The lowest BCUT2D eigenvalue weighted by atomic mass is 9.93. The van der Waals surface area contributed by atoms with Crippen molar-refractivity contribution >= 4 is 0 Å². The lowest BCUT2D eigenvalue weighted by Crippen LogP contribution is -2.29. The van der Waals surface area contributed by atoms with E-state index in [4.69, 9.17) is 5.73 Å². The highest BCUT2D eigenvalue weighted by molar-refractivity contribution is 4.93. The molecule has 1 aliphatic rings. The van der Waals surface area contributed by atoms with Gasteiger partial charge in [-0.3, -0.25) is 0 Å². The van der Waals surface area contributed by atoms with Crippen molar-refractivity contribution in [2.24, 2.45) is 17.1 Å². The summed E-state index contributed by atoms with van der Waals surface area (Å²) in [7, 11) is 0. The summed E-state index contributed by atoms with van der Waals surface area (Å²) in [5.41, 5.74) is 6.03. The molecule has 1 saturated carbocycles. The first-order valence-corrected chi connectivity index (χ1v) is 4.60. The first-order valence-electron chi connectivity index (χ1n) is 4.60. The second kappa shape index (κ2) is 3.55. The standard InChI is InChI=1S/C9H20N2/c1-8(7-11-6-5-10)9(2)3-4-9/h8,11H,3-7,10H2,1-2H3. The highest BCUT2D eigenvalue weighted by Gasteiger charge is 2.41. The van der Waals surface area contributed by atoms with Gasteiger partial charge in [-0.2, -0.15) is 0 Å². The molecule has 1 fully saturated rings. The van der Waals surface area contributed by atoms with Crippen LogP contribution in [0.3, 0.4) is 0 Å². The summed E-state index contributed by atoms with van der Waals surface area (Å²) >= 11 is 0. The quantitative estimate of drug-likeness (QED) is 0.582. The molecule has 66 valence electrons. The number of nitrogens with one attached hydrogen (secondary N) is 1. The molecule has 1 unspecified atom stereocenters. The van der Waals surface area contributed by atoms with Crippen molar-refractivity contribution in [1.82, 2.24) is 5.32 Å². The maximum atomic E-state index is 5.38. The van der Waals surface area contributed by atoms with Crippen LogP contribution in [0.15, 0.2) is 0 Å². The summed E-state index contributed by atoms with van der Waals surface area (Å²) in [6.07, 6.45) is 2.83. The van der Waals surface area contributed by atoms with Crippen molar-refractivity contribution in [3.63, 3.8) is 0 Å². The summed E-state index contributed by atoms with van der Waals surface area (Å²) in [4.78, 5) is 0. The van der Waals surface area contributed by atoms with Gasteiger partial charge in [0.15, 0.2) is 0 Å². The minimum absolute atomic E-state index is 0.654. The monoisotopic (exact) mass is 156 g/mol. The molecule has 0 radical (unpaired) electrons. The average molecular weight is 156 g/mol. The van der Waals surface area contributed by atoms with Gasteiger partial charge in [0.2, 0.25) is 0 Å². The van der Waals surface area contributed by atoms with Gasteiger partial charge >= 0.3 is 0 Å². The third-order valence-corrected chi connectivity index (χ3v) is 3.00. The molecule has 0 heterocycles. The van der Waals surface area contributed by atoms with E-state index in [1.165, 1.54) is 12.8 Å². The molecule has 0 aromatic rings. The summed E-state index contributed by atoms with van der Waals surface area (Å²) in [5, 5.41) is 3.36. The van der Waals surface area contributed by atoms with E-state index in [0.29, 0.717) is 5.41 Å². The molecule has 0 amide bonds. The third kappa shape index (κ3) is 2.46. The summed E-state index contributed by atoms with van der Waals surface area (Å²) < 4.78 is 0. The molecular weight excluding hydrogens is 136 g/mol. The zero-order valence-electron chi connectivity index (χ0n) is 7.69. The maximum absolute atomic E-state index is 5.38. The highest BCUT2D eigenvalue weighted by Crippen LogP contribution is 2.51. The zero-order valence-corrected chi connectivity index (χ0v) is 7.69. The average Bonchev–Trinajstić information content (AvgIpc) is 2.70. The van der Waals surface area contributed by atoms with E-state index in [2.05, 4.69) is 19.2 Å². The van der Waals surface area contributed by atoms with Crippen LogP contribution in [0.5, 0.6) is 0 Å². The molecule has 0 aromatic carbocycles. The number of hydrogen-bond donors (Lipinski definition) is 2. The molecule has 0 spiro atoms. The fourth-order valence-corrected chi connectivity index (χ4v) is 1.36. The molecule has 1 atom stereocenters. The molecule has 1 aliphatic carbocycles. The summed E-state index contributed by atoms with van der Waals surface area (Å²) in [5.74, 6) is 0.814. The molecule has 1 rings (SSSR count). The van der Waals surface area contributed by atoms with Crippen LogP contribution in [-0.2, 0) is 0 Å². The smallest absolute Gasteiger partial charge is 0.00746 e. The summed E-state index contributed by atoms with van der Waals surface area (Å²) in [6.45, 7) is 7.55. The maximum Gasteiger partial charge on any atom is 0.00746 e. The van der Waals surface area contributed by atoms with Gasteiger partial charge in [0.1, 0.15) is 0 Å². The lowest BCUT2D eigenvalue weighted by molar-refractivity contribution is 0.348. The predicted molar refractivity (Wildman–Crippen MR) is 48.4 cm³/mol. The van der Waals surface area contributed by atoms with Crippen molar-refractivity contribution in [3.8, 4) is 0 Å². The fourth-order valence-electron chi connectivity index (χ4n) is 1.36. The van der Waals surface area contributed by atoms with Crippen molar-refractivity contribution in [2.75, 3.05) is 19.6 Å². The van der Waals surface area contributed by atoms with Gasteiger partial charge in [-0.25, -0.2) is 0 Å². The molecule has 0 saturated heterocycles. The van der Waals surface area contributed by atoms with Crippen LogP contribution in [-0.4, -0.2) is 19.6 Å². The van der Waals surface area contributed by atoms with Gasteiger partial charge in [-0.1, -0.05) is 13.8 Å². The van der Waals surface area contributed by atoms with Crippen LogP contribution in [0.1, 0.15) is 26.7 Å². The molecule has 2 heteroatoms. The topological polar surface area (TPSA) is 38.0 Å². The van der Waals surface area contributed by atoms with E-state index in [0.717, 1.165) is 25.6 Å². The molecule has 11 heavy (non-hydrogen) atoms. The van der Waals surface area contributed by atoms with Crippen molar-refractivity contribution in [3.05, 3.63) is 0 Å². The van der Waals surface area contributed by atoms with Gasteiger partial charge in [0.25, 0.3) is 0 Å². The van der Waals surface area contributed by atoms with Gasteiger partial charge in [-0.05, 0) is 30.7 Å². The minimum Gasteiger partial charge on any atom is -0.329 e. The molecule has 0 aromatic heterocycles. The van der Waals surface area contributed by atoms with Crippen LogP contribution in [0.2, 0.25) is 0 Å². The first kappa shape index (κ1) is 9.01. The van der Waals surface area contributed by atoms with Crippen LogP contribution < -0.4 is 11.1 Å². The van der Waals surface area contributed by atoms with Gasteiger partial charge in [0, 0.05) is 13.1 Å². The summed E-state index contributed by atoms with van der Waals surface area (Å²) in [6, 6.07) is 0. The van der Waals surface area contributed by atoms with E-state index < -0.39 is 0 Å². The lowest BCUT2D eigenvalue weighted by Gasteiger charge is -2.18. The molecular formula is C9H20N2. The third-order valence-electron chi connectivity index (χ3n) is 3.00. The van der Waals surface area contributed by atoms with Gasteiger partial charge in [0.05, 0.1) is 0 Å². The second-order valence-corrected chi connectivity index (χ2v) is 4.05. The van der Waals surface area contributed by atoms with Crippen LogP contribution >= 0.6 is 0 Å². The largest absolute Gasteiger partial charge is 0.329 e. The van der Waals surface area contributed by atoms with Crippen LogP contribution in [0, 0.1) is 11.3 Å². The van der Waals surface area contributed by atoms with Crippen molar-refractivity contribution in [1.29, 1.82) is 0 Å². The second-order valence-electron chi connectivity index (χ2n) is 4.05. The Hall–Kier alpha value is -0.0800. The van der Waals surface area contributed by atoms with E-state index in [9.17, 15) is 0 Å². The van der Waals surface area contributed by atoms with E-state index >= 15 is 0 Å². The Balaban J connectivity index is 2.06. The molecule has 2 nitrogen and oxygen atoms in total. The van der Waals surface area contributed by atoms with E-state index in [1.54, 1.807) is 0 Å².